The summed E-state index contributed by atoms with van der Waals surface area (Å²) in [4.78, 5) is 0. The molecule has 0 aliphatic heterocycles. The molecular weight excluding hydrogens is 162 g/mol. The van der Waals surface area contributed by atoms with Crippen LogP contribution in [0.25, 0.3) is 0 Å². The maximum absolute atomic E-state index is 11.0. The van der Waals surface area contributed by atoms with E-state index in [9.17, 15) is 8.42 Å². The van der Waals surface area contributed by atoms with Crippen LogP contribution in [0, 0.1) is 11.8 Å². The van der Waals surface area contributed by atoms with Crippen LogP contribution in [0.1, 0.15) is 26.7 Å². The summed E-state index contributed by atoms with van der Waals surface area (Å²) in [6.45, 7) is 3.82. The summed E-state index contributed by atoms with van der Waals surface area (Å²) in [7, 11) is -3.30. The molecule has 1 aliphatic carbocycles. The molecule has 0 radical (unpaired) electrons. The van der Waals surface area contributed by atoms with Gasteiger partial charge in [-0.1, -0.05) is 13.8 Å². The first-order chi connectivity index (χ1) is 4.93. The van der Waals surface area contributed by atoms with Crippen LogP contribution >= 0.6 is 0 Å². The van der Waals surface area contributed by atoms with Crippen molar-refractivity contribution >= 4 is 10.0 Å². The molecule has 1 fully saturated rings. The van der Waals surface area contributed by atoms with E-state index < -0.39 is 10.0 Å². The fraction of sp³-hybridized carbons (Fsp3) is 1.00. The van der Waals surface area contributed by atoms with E-state index in [4.69, 9.17) is 5.14 Å². The number of hydrogen-bond acceptors (Lipinski definition) is 2. The predicted octanol–water partition coefficient (Wildman–Crippen LogP) is 0.710. The van der Waals surface area contributed by atoms with Crippen LogP contribution in [0.5, 0.6) is 0 Å². The van der Waals surface area contributed by atoms with Gasteiger partial charge >= 0.3 is 0 Å². The monoisotopic (exact) mass is 177 g/mol. The van der Waals surface area contributed by atoms with Crippen LogP contribution < -0.4 is 5.14 Å². The maximum atomic E-state index is 11.0. The van der Waals surface area contributed by atoms with Gasteiger partial charge in [0.05, 0.1) is 5.25 Å². The highest BCUT2D eigenvalue weighted by Crippen LogP contribution is 2.38. The van der Waals surface area contributed by atoms with E-state index >= 15 is 0 Å². The standard InChI is InChI=1S/C7H15NO2S/c1-5(2)7(6-3-4-6)11(8,9)10/h5-7H,3-4H2,1-2H3,(H2,8,9,10). The Balaban J connectivity index is 2.75. The van der Waals surface area contributed by atoms with Gasteiger partial charge in [-0.2, -0.15) is 0 Å². The van der Waals surface area contributed by atoms with Crippen molar-refractivity contribution in [2.24, 2.45) is 17.0 Å². The van der Waals surface area contributed by atoms with Gasteiger partial charge < -0.3 is 0 Å². The third kappa shape index (κ3) is 2.17. The van der Waals surface area contributed by atoms with Gasteiger partial charge in [-0.15, -0.1) is 0 Å². The topological polar surface area (TPSA) is 60.2 Å². The van der Waals surface area contributed by atoms with Crippen LogP contribution in [0.2, 0.25) is 0 Å². The molecule has 0 bridgehead atoms. The SMILES string of the molecule is CC(C)C(C1CC1)S(N)(=O)=O. The molecule has 1 saturated carbocycles. The fourth-order valence-electron chi connectivity index (χ4n) is 1.62. The highest BCUT2D eigenvalue weighted by molar-refractivity contribution is 7.89. The zero-order chi connectivity index (χ0) is 8.65. The average molecular weight is 177 g/mol. The molecule has 0 amide bonds. The second kappa shape index (κ2) is 2.75. The second-order valence-corrected chi connectivity index (χ2v) is 5.36. The molecule has 1 atom stereocenters. The van der Waals surface area contributed by atoms with Crippen LogP contribution in [-0.4, -0.2) is 13.7 Å². The predicted molar refractivity (Wildman–Crippen MR) is 44.5 cm³/mol. The van der Waals surface area contributed by atoms with Gasteiger partial charge in [0.2, 0.25) is 10.0 Å². The number of sulfonamides is 1. The molecule has 0 aromatic heterocycles. The van der Waals surface area contributed by atoms with Gasteiger partial charge in [0.15, 0.2) is 0 Å². The quantitative estimate of drug-likeness (QED) is 0.690. The van der Waals surface area contributed by atoms with Crippen molar-refractivity contribution in [3.05, 3.63) is 0 Å². The molecule has 0 saturated heterocycles. The molecule has 0 heterocycles. The Bertz CT molecular complexity index is 227. The van der Waals surface area contributed by atoms with Crippen LogP contribution in [0.3, 0.4) is 0 Å². The van der Waals surface area contributed by atoms with Crippen molar-refractivity contribution in [3.8, 4) is 0 Å². The fourth-order valence-corrected chi connectivity index (χ4v) is 3.18. The Morgan fingerprint density at radius 1 is 1.36 bits per heavy atom. The highest BCUT2D eigenvalue weighted by atomic mass is 32.2. The maximum Gasteiger partial charge on any atom is 0.212 e. The Kier molecular flexibility index (Phi) is 2.25. The zero-order valence-corrected chi connectivity index (χ0v) is 7.76. The lowest BCUT2D eigenvalue weighted by Gasteiger charge is -2.17. The van der Waals surface area contributed by atoms with Crippen LogP contribution in [0.4, 0.5) is 0 Å². The summed E-state index contributed by atoms with van der Waals surface area (Å²) in [6, 6.07) is 0. The van der Waals surface area contributed by atoms with Crippen molar-refractivity contribution < 1.29 is 8.42 Å². The van der Waals surface area contributed by atoms with E-state index in [0.29, 0.717) is 5.92 Å². The molecule has 11 heavy (non-hydrogen) atoms. The third-order valence-electron chi connectivity index (χ3n) is 2.12. The lowest BCUT2D eigenvalue weighted by molar-refractivity contribution is 0.502. The van der Waals surface area contributed by atoms with E-state index in [0.717, 1.165) is 12.8 Å². The first kappa shape index (κ1) is 9.00. The Morgan fingerprint density at radius 3 is 1.91 bits per heavy atom. The van der Waals surface area contributed by atoms with Crippen molar-refractivity contribution in [3.63, 3.8) is 0 Å². The van der Waals surface area contributed by atoms with Gasteiger partial charge in [0.1, 0.15) is 0 Å². The molecule has 0 aromatic carbocycles. The van der Waals surface area contributed by atoms with Gasteiger partial charge in [-0.25, -0.2) is 13.6 Å². The van der Waals surface area contributed by atoms with Crippen LogP contribution in [0.15, 0.2) is 0 Å². The van der Waals surface area contributed by atoms with E-state index in [2.05, 4.69) is 0 Å². The number of nitrogens with two attached hydrogens (primary N) is 1. The first-order valence-corrected chi connectivity index (χ1v) is 5.55. The zero-order valence-electron chi connectivity index (χ0n) is 6.95. The molecule has 4 heteroatoms. The third-order valence-corrected chi connectivity index (χ3v) is 3.81. The second-order valence-electron chi connectivity index (χ2n) is 3.64. The van der Waals surface area contributed by atoms with Gasteiger partial charge in [0.25, 0.3) is 0 Å². The van der Waals surface area contributed by atoms with Gasteiger partial charge in [-0.3, -0.25) is 0 Å². The number of primary sulfonamides is 1. The molecule has 2 N–H and O–H groups in total. The summed E-state index contributed by atoms with van der Waals surface area (Å²) in [6.07, 6.45) is 2.05. The number of hydrogen-bond donors (Lipinski definition) is 1. The molecular formula is C7H15NO2S. The molecule has 1 rings (SSSR count). The summed E-state index contributed by atoms with van der Waals surface area (Å²) < 4.78 is 22.1. The van der Waals surface area contributed by atoms with Gasteiger partial charge in [-0.05, 0) is 24.7 Å². The van der Waals surface area contributed by atoms with E-state index in [-0.39, 0.29) is 11.2 Å². The first-order valence-electron chi connectivity index (χ1n) is 3.94. The summed E-state index contributed by atoms with van der Waals surface area (Å²) in [5.41, 5.74) is 0. The minimum atomic E-state index is -3.30. The lowest BCUT2D eigenvalue weighted by atomic mass is 10.1. The average Bonchev–Trinajstić information content (AvgIpc) is 2.42. The van der Waals surface area contributed by atoms with Crippen LogP contribution in [-0.2, 0) is 10.0 Å². The largest absolute Gasteiger partial charge is 0.228 e. The Morgan fingerprint density at radius 2 is 1.82 bits per heavy atom. The smallest absolute Gasteiger partial charge is 0.212 e. The molecule has 3 nitrogen and oxygen atoms in total. The van der Waals surface area contributed by atoms with Gasteiger partial charge in [0, 0.05) is 0 Å². The minimum absolute atomic E-state index is 0.150. The summed E-state index contributed by atoms with van der Waals surface area (Å²) >= 11 is 0. The molecule has 0 spiro atoms. The lowest BCUT2D eigenvalue weighted by Crippen LogP contribution is -2.34. The Hall–Kier alpha value is -0.0900. The van der Waals surface area contributed by atoms with Crippen molar-refractivity contribution in [2.45, 2.75) is 31.9 Å². The number of rotatable bonds is 3. The highest BCUT2D eigenvalue weighted by Gasteiger charge is 2.40. The van der Waals surface area contributed by atoms with Crippen molar-refractivity contribution in [1.29, 1.82) is 0 Å². The van der Waals surface area contributed by atoms with Crippen molar-refractivity contribution in [1.82, 2.24) is 0 Å². The Labute approximate surface area is 68.0 Å². The minimum Gasteiger partial charge on any atom is -0.228 e. The van der Waals surface area contributed by atoms with Crippen molar-refractivity contribution in [2.75, 3.05) is 0 Å². The summed E-state index contributed by atoms with van der Waals surface area (Å²) in [5, 5.41) is 4.79. The van der Waals surface area contributed by atoms with E-state index in [1.54, 1.807) is 0 Å². The molecule has 66 valence electrons. The molecule has 0 aromatic rings. The molecule has 1 unspecified atom stereocenters. The van der Waals surface area contributed by atoms with E-state index in [1.165, 1.54) is 0 Å². The normalized spacial score (nSPS) is 22.2. The summed E-state index contributed by atoms with van der Waals surface area (Å²) in [5.74, 6) is 0.488. The van der Waals surface area contributed by atoms with E-state index in [1.807, 2.05) is 13.8 Å². The molecule has 1 aliphatic rings.